The van der Waals surface area contributed by atoms with Gasteiger partial charge in [0.1, 0.15) is 11.6 Å². The van der Waals surface area contributed by atoms with Crippen molar-refractivity contribution in [1.82, 2.24) is 9.55 Å². The van der Waals surface area contributed by atoms with Crippen LogP contribution in [0.15, 0.2) is 94.5 Å². The number of hydrogen-bond donors (Lipinski definition) is 3. The number of carbonyl (C=O) groups is 2. The maximum Gasteiger partial charge on any atom is 0.330 e. The molecule has 10 nitrogen and oxygen atoms in total. The van der Waals surface area contributed by atoms with Crippen LogP contribution in [0.25, 0.3) is 0 Å². The molecule has 5 N–H and O–H groups in total. The number of carbonyl (C=O) groups excluding carboxylic acids is 2. The van der Waals surface area contributed by atoms with Gasteiger partial charge in [-0.3, -0.25) is 28.8 Å². The Balaban J connectivity index is 1.70. The molecule has 0 spiro atoms. The van der Waals surface area contributed by atoms with Gasteiger partial charge in [0.25, 0.3) is 11.5 Å². The lowest BCUT2D eigenvalue weighted by atomic mass is 10.2. The number of nitrogens with one attached hydrogen (secondary N) is 1. The summed E-state index contributed by atoms with van der Waals surface area (Å²) in [7, 11) is 0. The van der Waals surface area contributed by atoms with Gasteiger partial charge < -0.3 is 16.2 Å². The van der Waals surface area contributed by atoms with Gasteiger partial charge in [-0.05, 0) is 29.3 Å². The molecule has 0 aliphatic rings. The van der Waals surface area contributed by atoms with Gasteiger partial charge in [-0.15, -0.1) is 0 Å². The Morgan fingerprint density at radius 3 is 2.19 bits per heavy atom. The van der Waals surface area contributed by atoms with Gasteiger partial charge in [0, 0.05) is 5.56 Å². The van der Waals surface area contributed by atoms with Crippen LogP contribution in [-0.4, -0.2) is 28.0 Å². The largest absolute Gasteiger partial charge is 0.484 e. The monoisotopic (exact) mass is 499 g/mol. The molecule has 0 unspecified atom stereocenters. The summed E-state index contributed by atoms with van der Waals surface area (Å²) < 4.78 is 6.81. The van der Waals surface area contributed by atoms with Gasteiger partial charge >= 0.3 is 5.69 Å². The number of hydrogen-bond acceptors (Lipinski definition) is 6. The lowest BCUT2D eigenvalue weighted by Crippen LogP contribution is -2.42. The second-order valence-electron chi connectivity index (χ2n) is 8.21. The molecule has 2 amide bonds. The van der Waals surface area contributed by atoms with Crippen LogP contribution in [-0.2, 0) is 17.9 Å². The first-order valence-corrected chi connectivity index (χ1v) is 11.4. The highest BCUT2D eigenvalue weighted by Gasteiger charge is 2.25. The predicted molar refractivity (Wildman–Crippen MR) is 139 cm³/mol. The molecule has 0 atom stereocenters. The number of benzene rings is 3. The van der Waals surface area contributed by atoms with Gasteiger partial charge in [-0.1, -0.05) is 66.7 Å². The van der Waals surface area contributed by atoms with Crippen molar-refractivity contribution in [3.8, 4) is 5.75 Å². The summed E-state index contributed by atoms with van der Waals surface area (Å²) >= 11 is 0. The maximum absolute atomic E-state index is 13.4. The van der Waals surface area contributed by atoms with E-state index >= 15 is 0 Å². The summed E-state index contributed by atoms with van der Waals surface area (Å²) in [6, 6.07) is 24.2. The number of amides is 2. The zero-order chi connectivity index (χ0) is 26.4. The van der Waals surface area contributed by atoms with E-state index in [0.29, 0.717) is 0 Å². The number of anilines is 2. The number of primary amides is 1. The predicted octanol–water partition coefficient (Wildman–Crippen LogP) is 1.88. The van der Waals surface area contributed by atoms with Crippen molar-refractivity contribution in [1.29, 1.82) is 0 Å². The van der Waals surface area contributed by atoms with E-state index in [1.165, 1.54) is 21.6 Å². The molecule has 0 radical (unpaired) electrons. The quantitative estimate of drug-likeness (QED) is 0.320. The smallest absolute Gasteiger partial charge is 0.330 e. The molecule has 188 valence electrons. The second-order valence-corrected chi connectivity index (χ2v) is 8.21. The summed E-state index contributed by atoms with van der Waals surface area (Å²) in [5, 5.41) is 0. The van der Waals surface area contributed by atoms with Crippen LogP contribution in [0.2, 0.25) is 0 Å². The van der Waals surface area contributed by atoms with Crippen LogP contribution < -0.4 is 32.4 Å². The number of rotatable bonds is 9. The zero-order valence-electron chi connectivity index (χ0n) is 19.8. The number of aromatic amines is 1. The Morgan fingerprint density at radius 2 is 1.54 bits per heavy atom. The van der Waals surface area contributed by atoms with Crippen LogP contribution in [0.5, 0.6) is 5.75 Å². The maximum atomic E-state index is 13.4. The highest BCUT2D eigenvalue weighted by atomic mass is 16.5. The van der Waals surface area contributed by atoms with Crippen molar-refractivity contribution in [3.05, 3.63) is 122 Å². The summed E-state index contributed by atoms with van der Waals surface area (Å²) in [5.41, 5.74) is 11.7. The average molecular weight is 500 g/mol. The molecule has 1 aromatic heterocycles. The van der Waals surface area contributed by atoms with Gasteiger partial charge in [0.15, 0.2) is 12.3 Å². The lowest BCUT2D eigenvalue weighted by molar-refractivity contribution is -0.120. The molecule has 0 bridgehead atoms. The molecule has 3 aromatic carbocycles. The van der Waals surface area contributed by atoms with E-state index in [-0.39, 0.29) is 35.9 Å². The summed E-state index contributed by atoms with van der Waals surface area (Å²) in [6.45, 7) is -0.369. The van der Waals surface area contributed by atoms with Crippen LogP contribution in [0.1, 0.15) is 21.5 Å². The molecule has 4 rings (SSSR count). The Morgan fingerprint density at radius 1 is 0.892 bits per heavy atom. The minimum Gasteiger partial charge on any atom is -0.484 e. The van der Waals surface area contributed by atoms with Crippen molar-refractivity contribution in [3.63, 3.8) is 0 Å². The standard InChI is InChI=1S/C27H25N5O5/c28-24-23(26(35)30-27(36)32(24)16-19-10-5-2-6-11-19)31(15-18-8-3-1-4-9-18)22(33)17-37-21-13-7-12-20(14-21)25(29)34/h1-14H,15-17,28H2,(H2,29,34)(H,30,35,36). The molecule has 37 heavy (non-hydrogen) atoms. The first kappa shape index (κ1) is 25.0. The molecule has 0 saturated heterocycles. The van der Waals surface area contributed by atoms with Gasteiger partial charge in [0.05, 0.1) is 13.1 Å². The highest BCUT2D eigenvalue weighted by molar-refractivity contribution is 5.96. The number of ether oxygens (including phenoxy) is 1. The number of nitrogen functional groups attached to an aromatic ring is 1. The Kier molecular flexibility index (Phi) is 7.48. The fraction of sp³-hybridized carbons (Fsp3) is 0.111. The number of nitrogens with zero attached hydrogens (tertiary/aromatic N) is 2. The van der Waals surface area contributed by atoms with Crippen molar-refractivity contribution in [2.24, 2.45) is 5.73 Å². The number of nitrogens with two attached hydrogens (primary N) is 2. The van der Waals surface area contributed by atoms with E-state index in [4.69, 9.17) is 16.2 Å². The van der Waals surface area contributed by atoms with E-state index < -0.39 is 29.7 Å². The van der Waals surface area contributed by atoms with Crippen molar-refractivity contribution >= 4 is 23.3 Å². The van der Waals surface area contributed by atoms with Gasteiger partial charge in [-0.2, -0.15) is 0 Å². The Labute approximate surface area is 211 Å². The van der Waals surface area contributed by atoms with Gasteiger partial charge in [0.2, 0.25) is 5.91 Å². The fourth-order valence-electron chi connectivity index (χ4n) is 3.78. The first-order valence-electron chi connectivity index (χ1n) is 11.4. The molecular weight excluding hydrogens is 474 g/mol. The second kappa shape index (κ2) is 11.1. The normalized spacial score (nSPS) is 10.6. The SMILES string of the molecule is NC(=O)c1cccc(OCC(=O)N(Cc2ccccc2)c2c(N)n(Cc3ccccc3)c(=O)[nH]c2=O)c1. The number of H-pyrrole nitrogens is 1. The Hall–Kier alpha value is -5.12. The van der Waals surface area contributed by atoms with Crippen LogP contribution >= 0.6 is 0 Å². The van der Waals surface area contributed by atoms with Gasteiger partial charge in [-0.25, -0.2) is 4.79 Å². The van der Waals surface area contributed by atoms with E-state index in [0.717, 1.165) is 11.1 Å². The van der Waals surface area contributed by atoms with E-state index in [1.807, 2.05) is 36.4 Å². The van der Waals surface area contributed by atoms with Crippen molar-refractivity contribution < 1.29 is 14.3 Å². The lowest BCUT2D eigenvalue weighted by Gasteiger charge is -2.25. The summed E-state index contributed by atoms with van der Waals surface area (Å²) in [4.78, 5) is 53.9. The summed E-state index contributed by atoms with van der Waals surface area (Å²) in [5.74, 6) is -1.13. The number of aromatic nitrogens is 2. The first-order chi connectivity index (χ1) is 17.8. The molecule has 10 heteroatoms. The molecule has 0 fully saturated rings. The van der Waals surface area contributed by atoms with E-state index in [2.05, 4.69) is 4.98 Å². The third kappa shape index (κ3) is 5.93. The molecular formula is C27H25N5O5. The van der Waals surface area contributed by atoms with E-state index in [9.17, 15) is 19.2 Å². The van der Waals surface area contributed by atoms with E-state index in [1.54, 1.807) is 36.4 Å². The third-order valence-corrected chi connectivity index (χ3v) is 5.63. The molecule has 0 aliphatic carbocycles. The van der Waals surface area contributed by atoms with Crippen LogP contribution in [0.3, 0.4) is 0 Å². The topological polar surface area (TPSA) is 154 Å². The molecule has 0 aliphatic heterocycles. The summed E-state index contributed by atoms with van der Waals surface area (Å²) in [6.07, 6.45) is 0. The van der Waals surface area contributed by atoms with Crippen LogP contribution in [0.4, 0.5) is 11.5 Å². The molecule has 1 heterocycles. The highest BCUT2D eigenvalue weighted by Crippen LogP contribution is 2.21. The Bertz CT molecular complexity index is 1530. The average Bonchev–Trinajstić information content (AvgIpc) is 2.90. The van der Waals surface area contributed by atoms with Crippen LogP contribution in [0, 0.1) is 0 Å². The molecule has 0 saturated carbocycles. The minimum atomic E-state index is -0.799. The minimum absolute atomic E-state index is 0.00117. The van der Waals surface area contributed by atoms with Crippen molar-refractivity contribution in [2.75, 3.05) is 17.2 Å². The molecule has 4 aromatic rings. The zero-order valence-corrected chi connectivity index (χ0v) is 19.8. The fourth-order valence-corrected chi connectivity index (χ4v) is 3.78. The third-order valence-electron chi connectivity index (χ3n) is 5.63. The van der Waals surface area contributed by atoms with Crippen molar-refractivity contribution in [2.45, 2.75) is 13.1 Å².